The van der Waals surface area contributed by atoms with Crippen LogP contribution in [-0.4, -0.2) is 22.3 Å². The molecule has 2 aromatic rings. The summed E-state index contributed by atoms with van der Waals surface area (Å²) < 4.78 is 6.62. The normalized spacial score (nSPS) is 25.9. The monoisotopic (exact) mass is 293 g/mol. The van der Waals surface area contributed by atoms with Crippen molar-refractivity contribution < 1.29 is 9.84 Å². The Labute approximate surface area is 130 Å². The summed E-state index contributed by atoms with van der Waals surface area (Å²) >= 11 is 0. The third-order valence-electron chi connectivity index (χ3n) is 4.77. The molecule has 1 fully saturated rings. The molecule has 0 aromatic heterocycles. The molecule has 2 aliphatic heterocycles. The SMILES string of the molecule is CC12CC=C(O)N1CC(c1ccccc1)(c1ccccc1)O2. The van der Waals surface area contributed by atoms with E-state index in [9.17, 15) is 5.11 Å². The Morgan fingerprint density at radius 3 is 2.00 bits per heavy atom. The molecule has 0 radical (unpaired) electrons. The zero-order valence-corrected chi connectivity index (χ0v) is 12.6. The van der Waals surface area contributed by atoms with Crippen LogP contribution in [0.3, 0.4) is 0 Å². The summed E-state index contributed by atoms with van der Waals surface area (Å²) in [6, 6.07) is 20.5. The minimum absolute atomic E-state index is 0.316. The highest BCUT2D eigenvalue weighted by atomic mass is 16.6. The minimum Gasteiger partial charge on any atom is -0.495 e. The van der Waals surface area contributed by atoms with Gasteiger partial charge in [-0.15, -0.1) is 0 Å². The van der Waals surface area contributed by atoms with Crippen molar-refractivity contribution >= 4 is 0 Å². The van der Waals surface area contributed by atoms with Gasteiger partial charge in [0.1, 0.15) is 11.3 Å². The van der Waals surface area contributed by atoms with Crippen molar-refractivity contribution in [2.75, 3.05) is 6.54 Å². The van der Waals surface area contributed by atoms with Crippen LogP contribution >= 0.6 is 0 Å². The van der Waals surface area contributed by atoms with Gasteiger partial charge in [0.15, 0.2) is 5.88 Å². The number of aliphatic hydroxyl groups excluding tert-OH is 1. The summed E-state index contributed by atoms with van der Waals surface area (Å²) in [5, 5.41) is 10.2. The van der Waals surface area contributed by atoms with Crippen molar-refractivity contribution in [3.05, 3.63) is 83.7 Å². The molecule has 3 nitrogen and oxygen atoms in total. The highest BCUT2D eigenvalue weighted by Crippen LogP contribution is 2.50. The molecule has 1 unspecified atom stereocenters. The van der Waals surface area contributed by atoms with E-state index in [4.69, 9.17) is 4.74 Å². The standard InChI is InChI=1S/C19H19NO2/c1-18-13-12-17(21)20(18)14-19(22-18,15-8-4-2-5-9-15)16-10-6-3-7-11-16/h2-12,21H,13-14H2,1H3. The summed E-state index contributed by atoms with van der Waals surface area (Å²) in [4.78, 5) is 1.97. The van der Waals surface area contributed by atoms with E-state index in [-0.39, 0.29) is 0 Å². The predicted octanol–water partition coefficient (Wildman–Crippen LogP) is 3.78. The lowest BCUT2D eigenvalue weighted by atomic mass is 9.86. The molecule has 22 heavy (non-hydrogen) atoms. The number of hydrogen-bond acceptors (Lipinski definition) is 3. The molecule has 2 aliphatic rings. The molecular weight excluding hydrogens is 274 g/mol. The lowest BCUT2D eigenvalue weighted by molar-refractivity contribution is -0.107. The van der Waals surface area contributed by atoms with Gasteiger partial charge in [0.2, 0.25) is 0 Å². The average molecular weight is 293 g/mol. The first-order valence-corrected chi connectivity index (χ1v) is 7.62. The highest BCUT2D eigenvalue weighted by Gasteiger charge is 2.56. The van der Waals surface area contributed by atoms with Crippen LogP contribution in [0.4, 0.5) is 0 Å². The first-order chi connectivity index (χ1) is 10.6. The van der Waals surface area contributed by atoms with E-state index in [2.05, 4.69) is 24.3 Å². The third-order valence-corrected chi connectivity index (χ3v) is 4.77. The number of rotatable bonds is 2. The van der Waals surface area contributed by atoms with Crippen LogP contribution in [0.15, 0.2) is 72.6 Å². The fourth-order valence-electron chi connectivity index (χ4n) is 3.60. The topological polar surface area (TPSA) is 32.7 Å². The van der Waals surface area contributed by atoms with Gasteiger partial charge < -0.3 is 14.7 Å². The van der Waals surface area contributed by atoms with Gasteiger partial charge in [-0.2, -0.15) is 0 Å². The first-order valence-electron chi connectivity index (χ1n) is 7.62. The van der Waals surface area contributed by atoms with Crippen LogP contribution in [0.1, 0.15) is 24.5 Å². The van der Waals surface area contributed by atoms with Gasteiger partial charge in [-0.3, -0.25) is 0 Å². The van der Waals surface area contributed by atoms with Crippen molar-refractivity contribution in [2.45, 2.75) is 24.7 Å². The lowest BCUT2D eigenvalue weighted by Gasteiger charge is -2.32. The van der Waals surface area contributed by atoms with E-state index in [1.807, 2.05) is 54.3 Å². The summed E-state index contributed by atoms with van der Waals surface area (Å²) in [7, 11) is 0. The second-order valence-electron chi connectivity index (χ2n) is 6.19. The number of nitrogens with zero attached hydrogens (tertiary/aromatic N) is 1. The highest BCUT2D eigenvalue weighted by molar-refractivity contribution is 5.39. The lowest BCUT2D eigenvalue weighted by Crippen LogP contribution is -2.36. The van der Waals surface area contributed by atoms with E-state index in [1.54, 1.807) is 0 Å². The Kier molecular flexibility index (Phi) is 2.81. The van der Waals surface area contributed by atoms with Crippen LogP contribution in [0.5, 0.6) is 0 Å². The molecule has 2 aromatic carbocycles. The van der Waals surface area contributed by atoms with E-state index >= 15 is 0 Å². The zero-order valence-electron chi connectivity index (χ0n) is 12.6. The van der Waals surface area contributed by atoms with E-state index in [0.29, 0.717) is 18.8 Å². The Bertz CT molecular complexity index is 671. The third kappa shape index (κ3) is 1.79. The van der Waals surface area contributed by atoms with Crippen molar-refractivity contribution in [3.8, 4) is 0 Å². The van der Waals surface area contributed by atoms with Crippen molar-refractivity contribution in [2.24, 2.45) is 0 Å². The summed E-state index contributed by atoms with van der Waals surface area (Å²) in [6.07, 6.45) is 2.53. The molecule has 0 spiro atoms. The second-order valence-corrected chi connectivity index (χ2v) is 6.19. The summed E-state index contributed by atoms with van der Waals surface area (Å²) in [5.41, 5.74) is 1.18. The number of fused-ring (bicyclic) bond motifs is 1. The molecule has 1 saturated heterocycles. The molecule has 3 heteroatoms. The molecule has 1 atom stereocenters. The maximum absolute atomic E-state index is 10.2. The van der Waals surface area contributed by atoms with E-state index in [1.165, 1.54) is 0 Å². The average Bonchev–Trinajstić information content (AvgIpc) is 3.03. The number of aliphatic hydroxyl groups is 1. The van der Waals surface area contributed by atoms with Crippen LogP contribution in [0, 0.1) is 0 Å². The van der Waals surface area contributed by atoms with E-state index in [0.717, 1.165) is 11.1 Å². The second kappa shape index (κ2) is 4.62. The quantitative estimate of drug-likeness (QED) is 0.914. The van der Waals surface area contributed by atoms with Gasteiger partial charge in [0.25, 0.3) is 0 Å². The minimum atomic E-state index is -0.556. The van der Waals surface area contributed by atoms with Crippen LogP contribution in [0.2, 0.25) is 0 Å². The van der Waals surface area contributed by atoms with Gasteiger partial charge in [0, 0.05) is 6.42 Å². The number of hydrogen-bond donors (Lipinski definition) is 1. The van der Waals surface area contributed by atoms with Crippen molar-refractivity contribution in [1.82, 2.24) is 4.90 Å². The smallest absolute Gasteiger partial charge is 0.185 e. The van der Waals surface area contributed by atoms with E-state index < -0.39 is 11.3 Å². The summed E-state index contributed by atoms with van der Waals surface area (Å²) in [6.45, 7) is 2.65. The number of ether oxygens (including phenoxy) is 1. The van der Waals surface area contributed by atoms with Crippen molar-refractivity contribution in [3.63, 3.8) is 0 Å². The maximum atomic E-state index is 10.2. The fourth-order valence-corrected chi connectivity index (χ4v) is 3.60. The fraction of sp³-hybridized carbons (Fsp3) is 0.263. The zero-order chi connectivity index (χ0) is 15.2. The molecule has 0 bridgehead atoms. The van der Waals surface area contributed by atoms with Gasteiger partial charge >= 0.3 is 0 Å². The molecule has 0 saturated carbocycles. The molecule has 2 heterocycles. The molecular formula is C19H19NO2. The Morgan fingerprint density at radius 1 is 0.955 bits per heavy atom. The summed E-state index contributed by atoms with van der Waals surface area (Å²) in [5.74, 6) is 0.316. The van der Waals surface area contributed by atoms with Gasteiger partial charge in [-0.25, -0.2) is 0 Å². The molecule has 0 amide bonds. The van der Waals surface area contributed by atoms with Crippen LogP contribution < -0.4 is 0 Å². The van der Waals surface area contributed by atoms with Crippen molar-refractivity contribution in [1.29, 1.82) is 0 Å². The number of benzene rings is 2. The molecule has 112 valence electrons. The predicted molar refractivity (Wildman–Crippen MR) is 85.2 cm³/mol. The van der Waals surface area contributed by atoms with Gasteiger partial charge in [-0.1, -0.05) is 60.7 Å². The molecule has 0 aliphatic carbocycles. The van der Waals surface area contributed by atoms with Crippen LogP contribution in [-0.2, 0) is 10.3 Å². The Morgan fingerprint density at radius 2 is 1.50 bits per heavy atom. The first kappa shape index (κ1) is 13.4. The Hall–Kier alpha value is -2.26. The Balaban J connectivity index is 1.88. The molecule has 1 N–H and O–H groups in total. The maximum Gasteiger partial charge on any atom is 0.185 e. The van der Waals surface area contributed by atoms with Gasteiger partial charge in [0.05, 0.1) is 6.54 Å². The molecule has 4 rings (SSSR count). The van der Waals surface area contributed by atoms with Gasteiger partial charge in [-0.05, 0) is 24.1 Å². The van der Waals surface area contributed by atoms with Crippen LogP contribution in [0.25, 0.3) is 0 Å². The largest absolute Gasteiger partial charge is 0.495 e.